The number of benzene rings is 1. The predicted molar refractivity (Wildman–Crippen MR) is 80.5 cm³/mol. The van der Waals surface area contributed by atoms with Crippen molar-refractivity contribution in [1.29, 1.82) is 0 Å². The van der Waals surface area contributed by atoms with Crippen LogP contribution in [0.15, 0.2) is 36.9 Å². The summed E-state index contributed by atoms with van der Waals surface area (Å²) in [5.41, 5.74) is 6.40. The fourth-order valence-corrected chi connectivity index (χ4v) is 1.59. The third-order valence-corrected chi connectivity index (χ3v) is 2.45. The van der Waals surface area contributed by atoms with Crippen molar-refractivity contribution in [2.75, 3.05) is 11.9 Å². The fraction of sp³-hybridized carbons (Fsp3) is 0.333. The molecule has 0 unspecified atom stereocenters. The van der Waals surface area contributed by atoms with E-state index in [2.05, 4.69) is 17.2 Å². The maximum atomic E-state index is 11.7. The van der Waals surface area contributed by atoms with Crippen LogP contribution in [0.5, 0.6) is 0 Å². The second-order valence-electron chi connectivity index (χ2n) is 5.29. The molecule has 0 radical (unpaired) electrons. The Balaban J connectivity index is 2.60. The van der Waals surface area contributed by atoms with Crippen molar-refractivity contribution < 1.29 is 9.59 Å². The van der Waals surface area contributed by atoms with E-state index in [4.69, 9.17) is 5.73 Å². The molecule has 0 aliphatic carbocycles. The Kier molecular flexibility index (Phi) is 5.46. The summed E-state index contributed by atoms with van der Waals surface area (Å²) in [7, 11) is 0. The van der Waals surface area contributed by atoms with Gasteiger partial charge in [0.25, 0.3) is 5.91 Å². The molecule has 20 heavy (non-hydrogen) atoms. The number of nitrogens with one attached hydrogen (secondary N) is 2. The largest absolute Gasteiger partial charge is 0.349 e. The summed E-state index contributed by atoms with van der Waals surface area (Å²) in [5, 5.41) is 5.42. The molecule has 0 heterocycles. The summed E-state index contributed by atoms with van der Waals surface area (Å²) in [6, 6.07) is 6.68. The molecule has 0 fully saturated rings. The Bertz CT molecular complexity index is 487. The summed E-state index contributed by atoms with van der Waals surface area (Å²) < 4.78 is 0. The Hall–Kier alpha value is -2.14. The zero-order chi connectivity index (χ0) is 15.2. The van der Waals surface area contributed by atoms with Crippen LogP contribution in [0.1, 0.15) is 30.6 Å². The lowest BCUT2D eigenvalue weighted by Gasteiger charge is -2.17. The first-order valence-electron chi connectivity index (χ1n) is 6.40. The molecular weight excluding hydrogens is 254 g/mol. The van der Waals surface area contributed by atoms with Gasteiger partial charge < -0.3 is 16.4 Å². The predicted octanol–water partition coefficient (Wildman–Crippen LogP) is 1.67. The number of nitrogens with two attached hydrogens (primary N) is 1. The Morgan fingerprint density at radius 1 is 1.30 bits per heavy atom. The van der Waals surface area contributed by atoms with Crippen molar-refractivity contribution in [2.24, 2.45) is 5.73 Å². The normalized spacial score (nSPS) is 10.8. The van der Waals surface area contributed by atoms with Gasteiger partial charge in [-0.3, -0.25) is 9.59 Å². The molecule has 1 aromatic rings. The zero-order valence-electron chi connectivity index (χ0n) is 11.9. The lowest BCUT2D eigenvalue weighted by atomic mass is 10.0. The van der Waals surface area contributed by atoms with Crippen molar-refractivity contribution in [3.05, 3.63) is 42.5 Å². The van der Waals surface area contributed by atoms with E-state index in [0.29, 0.717) is 17.8 Å². The Morgan fingerprint density at radius 2 is 1.90 bits per heavy atom. The van der Waals surface area contributed by atoms with Gasteiger partial charge >= 0.3 is 0 Å². The van der Waals surface area contributed by atoms with Crippen molar-refractivity contribution >= 4 is 17.5 Å². The number of hydrogen-bond acceptors (Lipinski definition) is 3. The van der Waals surface area contributed by atoms with E-state index in [0.717, 1.165) is 0 Å². The van der Waals surface area contributed by atoms with E-state index in [1.165, 1.54) is 0 Å². The lowest BCUT2D eigenvalue weighted by molar-refractivity contribution is -0.117. The minimum Gasteiger partial charge on any atom is -0.349 e. The molecule has 1 aromatic carbocycles. The fourth-order valence-electron chi connectivity index (χ4n) is 1.59. The van der Waals surface area contributed by atoms with Crippen LogP contribution in [0.25, 0.3) is 0 Å². The molecular formula is C15H21N3O2. The Morgan fingerprint density at radius 3 is 2.40 bits per heavy atom. The molecule has 0 saturated carbocycles. The maximum absolute atomic E-state index is 11.7. The highest BCUT2D eigenvalue weighted by molar-refractivity contribution is 5.96. The SMILES string of the molecule is C=CCNC(=O)c1ccc(NC(=O)CC(C)(C)N)cc1. The first kappa shape index (κ1) is 15.9. The van der Waals surface area contributed by atoms with Crippen molar-refractivity contribution in [1.82, 2.24) is 5.32 Å². The number of carbonyl (C=O) groups excluding carboxylic acids is 2. The monoisotopic (exact) mass is 275 g/mol. The second-order valence-corrected chi connectivity index (χ2v) is 5.29. The molecule has 0 bridgehead atoms. The lowest BCUT2D eigenvalue weighted by Crippen LogP contribution is -2.36. The molecule has 4 N–H and O–H groups in total. The van der Waals surface area contributed by atoms with Gasteiger partial charge in [0, 0.05) is 29.8 Å². The number of anilines is 1. The maximum Gasteiger partial charge on any atom is 0.251 e. The van der Waals surface area contributed by atoms with Crippen LogP contribution in [0.2, 0.25) is 0 Å². The van der Waals surface area contributed by atoms with Gasteiger partial charge in [0.2, 0.25) is 5.91 Å². The highest BCUT2D eigenvalue weighted by atomic mass is 16.2. The van der Waals surface area contributed by atoms with Crippen molar-refractivity contribution in [2.45, 2.75) is 25.8 Å². The van der Waals surface area contributed by atoms with Crippen LogP contribution in [-0.2, 0) is 4.79 Å². The molecule has 0 atom stereocenters. The van der Waals surface area contributed by atoms with Gasteiger partial charge in [0.1, 0.15) is 0 Å². The van der Waals surface area contributed by atoms with Crippen molar-refractivity contribution in [3.63, 3.8) is 0 Å². The van der Waals surface area contributed by atoms with E-state index >= 15 is 0 Å². The minimum atomic E-state index is -0.547. The standard InChI is InChI=1S/C15H21N3O2/c1-4-9-17-14(20)11-5-7-12(8-6-11)18-13(19)10-15(2,3)16/h4-8H,1,9-10,16H2,2-3H3,(H,17,20)(H,18,19). The average molecular weight is 275 g/mol. The molecule has 0 aliphatic heterocycles. The van der Waals surface area contributed by atoms with Crippen LogP contribution in [0.4, 0.5) is 5.69 Å². The van der Waals surface area contributed by atoms with Gasteiger partial charge in [-0.05, 0) is 38.1 Å². The van der Waals surface area contributed by atoms with E-state index in [-0.39, 0.29) is 18.2 Å². The smallest absolute Gasteiger partial charge is 0.251 e. The number of hydrogen-bond donors (Lipinski definition) is 3. The first-order chi connectivity index (χ1) is 9.31. The molecule has 2 amide bonds. The van der Waals surface area contributed by atoms with E-state index in [1.54, 1.807) is 44.2 Å². The third-order valence-electron chi connectivity index (χ3n) is 2.45. The minimum absolute atomic E-state index is 0.152. The van der Waals surface area contributed by atoms with Crippen LogP contribution in [0, 0.1) is 0 Å². The topological polar surface area (TPSA) is 84.2 Å². The van der Waals surface area contributed by atoms with Crippen LogP contribution >= 0.6 is 0 Å². The molecule has 0 aliphatic rings. The summed E-state index contributed by atoms with van der Waals surface area (Å²) in [6.07, 6.45) is 1.84. The molecule has 108 valence electrons. The summed E-state index contributed by atoms with van der Waals surface area (Å²) >= 11 is 0. The third kappa shape index (κ3) is 5.67. The zero-order valence-corrected chi connectivity index (χ0v) is 11.9. The number of carbonyl (C=O) groups is 2. The van der Waals surface area contributed by atoms with Gasteiger partial charge in [0.15, 0.2) is 0 Å². The average Bonchev–Trinajstić information content (AvgIpc) is 2.34. The van der Waals surface area contributed by atoms with Gasteiger partial charge in [-0.25, -0.2) is 0 Å². The molecule has 0 spiro atoms. The molecule has 5 heteroatoms. The molecule has 5 nitrogen and oxygen atoms in total. The van der Waals surface area contributed by atoms with Crippen LogP contribution in [-0.4, -0.2) is 23.9 Å². The van der Waals surface area contributed by atoms with Crippen LogP contribution < -0.4 is 16.4 Å². The number of amides is 2. The quantitative estimate of drug-likeness (QED) is 0.690. The number of rotatable bonds is 6. The molecule has 0 aromatic heterocycles. The summed E-state index contributed by atoms with van der Waals surface area (Å²) in [6.45, 7) is 7.53. The highest BCUT2D eigenvalue weighted by Crippen LogP contribution is 2.12. The van der Waals surface area contributed by atoms with Crippen molar-refractivity contribution in [3.8, 4) is 0 Å². The van der Waals surface area contributed by atoms with Gasteiger partial charge in [-0.1, -0.05) is 6.08 Å². The second kappa shape index (κ2) is 6.86. The van der Waals surface area contributed by atoms with Gasteiger partial charge in [-0.15, -0.1) is 6.58 Å². The molecule has 0 saturated heterocycles. The summed E-state index contributed by atoms with van der Waals surface area (Å²) in [4.78, 5) is 23.4. The van der Waals surface area contributed by atoms with Crippen LogP contribution in [0.3, 0.4) is 0 Å². The van der Waals surface area contributed by atoms with E-state index in [9.17, 15) is 9.59 Å². The van der Waals surface area contributed by atoms with Gasteiger partial charge in [-0.2, -0.15) is 0 Å². The first-order valence-corrected chi connectivity index (χ1v) is 6.40. The van der Waals surface area contributed by atoms with E-state index in [1.807, 2.05) is 0 Å². The van der Waals surface area contributed by atoms with Gasteiger partial charge in [0.05, 0.1) is 0 Å². The Labute approximate surface area is 119 Å². The highest BCUT2D eigenvalue weighted by Gasteiger charge is 2.16. The summed E-state index contributed by atoms with van der Waals surface area (Å²) in [5.74, 6) is -0.327. The molecule has 1 rings (SSSR count). The van der Waals surface area contributed by atoms with E-state index < -0.39 is 5.54 Å².